The first-order valence-electron chi connectivity index (χ1n) is 7.52. The van der Waals surface area contributed by atoms with Gasteiger partial charge in [0.25, 0.3) is 5.56 Å². The molecule has 0 aliphatic carbocycles. The van der Waals surface area contributed by atoms with Crippen LogP contribution in [0.15, 0.2) is 33.9 Å². The van der Waals surface area contributed by atoms with Gasteiger partial charge in [0.05, 0.1) is 14.2 Å². The Morgan fingerprint density at radius 2 is 1.62 bits per heavy atom. The SMILES string of the molecule is COc1ccc(CN(C)Cc2cc(=O)n(C)c(=O)n2C)cc1OC. The van der Waals surface area contributed by atoms with E-state index in [2.05, 4.69) is 0 Å². The molecule has 0 saturated heterocycles. The van der Waals surface area contributed by atoms with E-state index in [4.69, 9.17) is 9.47 Å². The summed E-state index contributed by atoms with van der Waals surface area (Å²) >= 11 is 0. The van der Waals surface area contributed by atoms with Crippen LogP contribution < -0.4 is 20.7 Å². The van der Waals surface area contributed by atoms with Gasteiger partial charge < -0.3 is 9.47 Å². The largest absolute Gasteiger partial charge is 0.493 e. The summed E-state index contributed by atoms with van der Waals surface area (Å²) in [5, 5.41) is 0. The van der Waals surface area contributed by atoms with Crippen LogP contribution in [0.4, 0.5) is 0 Å². The first kappa shape index (κ1) is 17.8. The van der Waals surface area contributed by atoms with E-state index in [0.717, 1.165) is 10.1 Å². The average molecular weight is 333 g/mol. The standard InChI is InChI=1S/C17H23N3O4/c1-18(10-12-6-7-14(23-4)15(8-12)24-5)11-13-9-16(21)20(3)17(22)19(13)2/h6-9H,10-11H2,1-5H3. The third-order valence-corrected chi connectivity index (χ3v) is 3.96. The highest BCUT2D eigenvalue weighted by Gasteiger charge is 2.10. The lowest BCUT2D eigenvalue weighted by Gasteiger charge is -2.19. The molecule has 1 heterocycles. The topological polar surface area (TPSA) is 65.7 Å². The van der Waals surface area contributed by atoms with Gasteiger partial charge in [-0.05, 0) is 24.7 Å². The molecule has 130 valence electrons. The monoisotopic (exact) mass is 333 g/mol. The van der Waals surface area contributed by atoms with Crippen LogP contribution in [0.5, 0.6) is 11.5 Å². The minimum Gasteiger partial charge on any atom is -0.493 e. The van der Waals surface area contributed by atoms with E-state index < -0.39 is 0 Å². The van der Waals surface area contributed by atoms with Crippen LogP contribution in [0.1, 0.15) is 11.3 Å². The average Bonchev–Trinajstić information content (AvgIpc) is 2.57. The highest BCUT2D eigenvalue weighted by molar-refractivity contribution is 5.42. The van der Waals surface area contributed by atoms with E-state index in [1.165, 1.54) is 17.7 Å². The van der Waals surface area contributed by atoms with Gasteiger partial charge >= 0.3 is 5.69 Å². The molecule has 0 bridgehead atoms. The van der Waals surface area contributed by atoms with E-state index in [1.807, 2.05) is 30.1 Å². The van der Waals surface area contributed by atoms with Crippen LogP contribution in [0.2, 0.25) is 0 Å². The predicted octanol–water partition coefficient (Wildman–Crippen LogP) is 0.733. The predicted molar refractivity (Wildman–Crippen MR) is 91.6 cm³/mol. The Hall–Kier alpha value is -2.54. The Labute approximate surface area is 140 Å². The molecule has 0 spiro atoms. The van der Waals surface area contributed by atoms with Crippen LogP contribution >= 0.6 is 0 Å². The fourth-order valence-electron chi connectivity index (χ4n) is 2.55. The van der Waals surface area contributed by atoms with Crippen LogP contribution in [-0.4, -0.2) is 35.3 Å². The fraction of sp³-hybridized carbons (Fsp3) is 0.412. The third-order valence-electron chi connectivity index (χ3n) is 3.96. The van der Waals surface area contributed by atoms with Crippen molar-refractivity contribution < 1.29 is 9.47 Å². The molecule has 7 nitrogen and oxygen atoms in total. The molecule has 1 aromatic carbocycles. The van der Waals surface area contributed by atoms with E-state index >= 15 is 0 Å². The molecule has 2 rings (SSSR count). The number of benzene rings is 1. The van der Waals surface area contributed by atoms with Crippen LogP contribution in [0.3, 0.4) is 0 Å². The highest BCUT2D eigenvalue weighted by Crippen LogP contribution is 2.28. The molecule has 0 N–H and O–H groups in total. The van der Waals surface area contributed by atoms with E-state index in [0.29, 0.717) is 30.3 Å². The molecular formula is C17H23N3O4. The summed E-state index contributed by atoms with van der Waals surface area (Å²) in [6.07, 6.45) is 0. The highest BCUT2D eigenvalue weighted by atomic mass is 16.5. The Balaban J connectivity index is 2.19. The summed E-state index contributed by atoms with van der Waals surface area (Å²) in [5.41, 5.74) is 1.10. The second-order valence-corrected chi connectivity index (χ2v) is 5.74. The second-order valence-electron chi connectivity index (χ2n) is 5.74. The molecule has 0 radical (unpaired) electrons. The number of nitrogens with zero attached hydrogens (tertiary/aromatic N) is 3. The van der Waals surface area contributed by atoms with E-state index in [-0.39, 0.29) is 11.2 Å². The number of aromatic nitrogens is 2. The van der Waals surface area contributed by atoms with Crippen molar-refractivity contribution in [1.29, 1.82) is 0 Å². The lowest BCUT2D eigenvalue weighted by Crippen LogP contribution is -2.39. The van der Waals surface area contributed by atoms with Gasteiger partial charge in [0.1, 0.15) is 0 Å². The van der Waals surface area contributed by atoms with Crippen molar-refractivity contribution in [3.05, 3.63) is 56.4 Å². The van der Waals surface area contributed by atoms with Crippen LogP contribution in [0, 0.1) is 0 Å². The first-order valence-corrected chi connectivity index (χ1v) is 7.52. The molecule has 0 unspecified atom stereocenters. The Morgan fingerprint density at radius 1 is 0.958 bits per heavy atom. The summed E-state index contributed by atoms with van der Waals surface area (Å²) in [4.78, 5) is 25.8. The maximum Gasteiger partial charge on any atom is 0.330 e. The van der Waals surface area contributed by atoms with Gasteiger partial charge in [-0.2, -0.15) is 0 Å². The zero-order chi connectivity index (χ0) is 17.9. The Bertz CT molecular complexity index is 839. The van der Waals surface area contributed by atoms with Crippen molar-refractivity contribution in [2.24, 2.45) is 14.1 Å². The molecule has 0 fully saturated rings. The van der Waals surface area contributed by atoms with Crippen molar-refractivity contribution in [2.75, 3.05) is 21.3 Å². The molecule has 0 aliphatic heterocycles. The molecule has 2 aromatic rings. The summed E-state index contributed by atoms with van der Waals surface area (Å²) in [7, 11) is 8.27. The molecule has 1 aromatic heterocycles. The van der Waals surface area contributed by atoms with Crippen molar-refractivity contribution >= 4 is 0 Å². The molecule has 7 heteroatoms. The van der Waals surface area contributed by atoms with Gasteiger partial charge in [-0.25, -0.2) is 4.79 Å². The lowest BCUT2D eigenvalue weighted by molar-refractivity contribution is 0.306. The van der Waals surface area contributed by atoms with Crippen molar-refractivity contribution in [1.82, 2.24) is 14.0 Å². The minimum absolute atomic E-state index is 0.299. The number of methoxy groups -OCH3 is 2. The Kier molecular flexibility index (Phi) is 5.46. The summed E-state index contributed by atoms with van der Waals surface area (Å²) in [6, 6.07) is 7.22. The molecule has 0 aliphatic rings. The zero-order valence-electron chi connectivity index (χ0n) is 14.7. The van der Waals surface area contributed by atoms with Crippen molar-refractivity contribution in [2.45, 2.75) is 13.1 Å². The summed E-state index contributed by atoms with van der Waals surface area (Å²) in [6.45, 7) is 1.12. The number of rotatable bonds is 6. The van der Waals surface area contributed by atoms with Crippen molar-refractivity contribution in [3.8, 4) is 11.5 Å². The van der Waals surface area contributed by atoms with Gasteiger partial charge in [0, 0.05) is 38.9 Å². The van der Waals surface area contributed by atoms with Gasteiger partial charge in [0.2, 0.25) is 0 Å². The van der Waals surface area contributed by atoms with Gasteiger partial charge in [-0.15, -0.1) is 0 Å². The number of ether oxygens (including phenoxy) is 2. The smallest absolute Gasteiger partial charge is 0.330 e. The first-order chi connectivity index (χ1) is 11.4. The van der Waals surface area contributed by atoms with E-state index in [1.54, 1.807) is 21.3 Å². The van der Waals surface area contributed by atoms with Gasteiger partial charge in [-0.3, -0.25) is 18.8 Å². The fourth-order valence-corrected chi connectivity index (χ4v) is 2.55. The number of hydrogen-bond acceptors (Lipinski definition) is 5. The summed E-state index contributed by atoms with van der Waals surface area (Å²) in [5.74, 6) is 1.35. The normalized spacial score (nSPS) is 10.9. The zero-order valence-corrected chi connectivity index (χ0v) is 14.7. The molecule has 0 atom stereocenters. The number of hydrogen-bond donors (Lipinski definition) is 0. The molecule has 0 amide bonds. The lowest BCUT2D eigenvalue weighted by atomic mass is 10.2. The quantitative estimate of drug-likeness (QED) is 0.780. The van der Waals surface area contributed by atoms with Crippen molar-refractivity contribution in [3.63, 3.8) is 0 Å². The van der Waals surface area contributed by atoms with Gasteiger partial charge in [-0.1, -0.05) is 6.07 Å². The summed E-state index contributed by atoms with van der Waals surface area (Å²) < 4.78 is 13.1. The van der Waals surface area contributed by atoms with E-state index in [9.17, 15) is 9.59 Å². The molecule has 0 saturated carbocycles. The van der Waals surface area contributed by atoms with Gasteiger partial charge in [0.15, 0.2) is 11.5 Å². The maximum atomic E-state index is 12.0. The van der Waals surface area contributed by atoms with Crippen LogP contribution in [0.25, 0.3) is 0 Å². The molecular weight excluding hydrogens is 310 g/mol. The van der Waals surface area contributed by atoms with Crippen LogP contribution in [-0.2, 0) is 27.2 Å². The molecule has 24 heavy (non-hydrogen) atoms. The minimum atomic E-state index is -0.322. The second kappa shape index (κ2) is 7.35. The maximum absolute atomic E-state index is 12.0. The third kappa shape index (κ3) is 3.68. The Morgan fingerprint density at radius 3 is 2.25 bits per heavy atom.